The maximum atomic E-state index is 13.4. The second kappa shape index (κ2) is 6.26. The van der Waals surface area contributed by atoms with Gasteiger partial charge in [0.2, 0.25) is 10.0 Å². The average Bonchev–Trinajstić information content (AvgIpc) is 2.22. The second-order valence-corrected chi connectivity index (χ2v) is 6.25. The number of benzene rings is 1. The molecule has 0 aromatic heterocycles. The van der Waals surface area contributed by atoms with Gasteiger partial charge >= 0.3 is 0 Å². The first-order valence-corrected chi connectivity index (χ1v) is 7.54. The van der Waals surface area contributed by atoms with Crippen molar-refractivity contribution in [1.29, 1.82) is 0 Å². The molecule has 1 aromatic carbocycles. The van der Waals surface area contributed by atoms with Crippen molar-refractivity contribution in [3.63, 3.8) is 0 Å². The monoisotopic (exact) mass is 338 g/mol. The minimum Gasteiger partial charge on any atom is -0.352 e. The van der Waals surface area contributed by atoms with E-state index in [9.17, 15) is 17.6 Å². The minimum absolute atomic E-state index is 0.0891. The zero-order chi connectivity index (χ0) is 13.8. The molecule has 3 N–H and O–H groups in total. The standard InChI is InChI=1S/C10H12BrFN2O3S/c11-7-2-3-8(9(12)6-7)10(15)14-4-1-5-18(13,16)17/h2-3,6H,1,4-5H2,(H,14,15)(H2,13,16,17). The first-order chi connectivity index (χ1) is 8.29. The van der Waals surface area contributed by atoms with Crippen LogP contribution in [0.4, 0.5) is 4.39 Å². The largest absolute Gasteiger partial charge is 0.352 e. The molecule has 1 rings (SSSR count). The molecule has 0 saturated carbocycles. The topological polar surface area (TPSA) is 89.3 Å². The lowest BCUT2D eigenvalue weighted by molar-refractivity contribution is 0.0949. The van der Waals surface area contributed by atoms with E-state index >= 15 is 0 Å². The molecular weight excluding hydrogens is 327 g/mol. The smallest absolute Gasteiger partial charge is 0.254 e. The number of rotatable bonds is 5. The van der Waals surface area contributed by atoms with Crippen LogP contribution in [0.15, 0.2) is 22.7 Å². The van der Waals surface area contributed by atoms with Crippen molar-refractivity contribution in [2.75, 3.05) is 12.3 Å². The highest BCUT2D eigenvalue weighted by Crippen LogP contribution is 2.15. The Kier molecular flexibility index (Phi) is 5.24. The summed E-state index contributed by atoms with van der Waals surface area (Å²) >= 11 is 3.08. The molecular formula is C10H12BrFN2O3S. The van der Waals surface area contributed by atoms with Crippen molar-refractivity contribution in [3.05, 3.63) is 34.1 Å². The first-order valence-electron chi connectivity index (χ1n) is 5.03. The van der Waals surface area contributed by atoms with Crippen LogP contribution in [0.2, 0.25) is 0 Å². The Morgan fingerprint density at radius 1 is 1.44 bits per heavy atom. The maximum Gasteiger partial charge on any atom is 0.254 e. The number of halogens is 2. The van der Waals surface area contributed by atoms with Crippen LogP contribution in [0.3, 0.4) is 0 Å². The fourth-order valence-corrected chi connectivity index (χ4v) is 2.12. The van der Waals surface area contributed by atoms with Gasteiger partial charge in [-0.05, 0) is 24.6 Å². The van der Waals surface area contributed by atoms with Crippen LogP contribution < -0.4 is 10.5 Å². The molecule has 0 unspecified atom stereocenters. The maximum absolute atomic E-state index is 13.4. The van der Waals surface area contributed by atoms with Gasteiger partial charge < -0.3 is 5.32 Å². The lowest BCUT2D eigenvalue weighted by Gasteiger charge is -2.05. The summed E-state index contributed by atoms with van der Waals surface area (Å²) in [7, 11) is -3.53. The van der Waals surface area contributed by atoms with Gasteiger partial charge in [0.15, 0.2) is 0 Å². The molecule has 0 aliphatic carbocycles. The molecule has 0 radical (unpaired) electrons. The number of carbonyl (C=O) groups is 1. The SMILES string of the molecule is NS(=O)(=O)CCCNC(=O)c1ccc(Br)cc1F. The minimum atomic E-state index is -3.53. The fraction of sp³-hybridized carbons (Fsp3) is 0.300. The summed E-state index contributed by atoms with van der Waals surface area (Å²) in [6.45, 7) is 0.116. The van der Waals surface area contributed by atoms with E-state index in [0.29, 0.717) is 4.47 Å². The Labute approximate surface area is 113 Å². The van der Waals surface area contributed by atoms with Crippen LogP contribution in [0.5, 0.6) is 0 Å². The van der Waals surface area contributed by atoms with E-state index in [4.69, 9.17) is 5.14 Å². The third-order valence-corrected chi connectivity index (χ3v) is 3.42. The summed E-state index contributed by atoms with van der Waals surface area (Å²) in [5.41, 5.74) is -0.0891. The van der Waals surface area contributed by atoms with E-state index in [1.807, 2.05) is 0 Å². The Morgan fingerprint density at radius 3 is 2.67 bits per heavy atom. The van der Waals surface area contributed by atoms with Gasteiger partial charge in [-0.2, -0.15) is 0 Å². The molecule has 18 heavy (non-hydrogen) atoms. The number of sulfonamides is 1. The van der Waals surface area contributed by atoms with E-state index in [1.165, 1.54) is 12.1 Å². The molecule has 1 amide bonds. The summed E-state index contributed by atoms with van der Waals surface area (Å²) in [4.78, 5) is 11.6. The molecule has 8 heteroatoms. The number of carbonyl (C=O) groups excluding carboxylic acids is 1. The number of hydrogen-bond acceptors (Lipinski definition) is 3. The Balaban J connectivity index is 2.51. The Bertz CT molecular complexity index is 548. The summed E-state index contributed by atoms with van der Waals surface area (Å²) in [5.74, 6) is -1.46. The third-order valence-electron chi connectivity index (χ3n) is 2.07. The molecule has 0 bridgehead atoms. The molecule has 0 aliphatic rings. The molecule has 5 nitrogen and oxygen atoms in total. The molecule has 0 atom stereocenters. The van der Waals surface area contributed by atoms with Crippen molar-refractivity contribution in [2.45, 2.75) is 6.42 Å². The van der Waals surface area contributed by atoms with Gasteiger partial charge in [-0.15, -0.1) is 0 Å². The van der Waals surface area contributed by atoms with Crippen molar-refractivity contribution >= 4 is 31.9 Å². The molecule has 0 heterocycles. The highest BCUT2D eigenvalue weighted by Gasteiger charge is 2.11. The van der Waals surface area contributed by atoms with E-state index in [2.05, 4.69) is 21.2 Å². The zero-order valence-electron chi connectivity index (χ0n) is 9.32. The van der Waals surface area contributed by atoms with E-state index in [0.717, 1.165) is 0 Å². The van der Waals surface area contributed by atoms with Gasteiger partial charge in [0.25, 0.3) is 5.91 Å². The van der Waals surface area contributed by atoms with Gasteiger partial charge in [-0.1, -0.05) is 15.9 Å². The predicted octanol–water partition coefficient (Wildman–Crippen LogP) is 0.997. The fourth-order valence-electron chi connectivity index (χ4n) is 1.24. The summed E-state index contributed by atoms with van der Waals surface area (Å²) in [6.07, 6.45) is 0.183. The van der Waals surface area contributed by atoms with Gasteiger partial charge in [0, 0.05) is 11.0 Å². The van der Waals surface area contributed by atoms with Crippen molar-refractivity contribution < 1.29 is 17.6 Å². The number of hydrogen-bond donors (Lipinski definition) is 2. The number of primary sulfonamides is 1. The number of amides is 1. The zero-order valence-corrected chi connectivity index (χ0v) is 11.7. The molecule has 0 aliphatic heterocycles. The van der Waals surface area contributed by atoms with Crippen LogP contribution in [0.1, 0.15) is 16.8 Å². The van der Waals surface area contributed by atoms with Crippen LogP contribution in [0, 0.1) is 5.82 Å². The molecule has 0 fully saturated rings. The third kappa shape index (κ3) is 5.11. The van der Waals surface area contributed by atoms with Crippen LogP contribution in [-0.2, 0) is 10.0 Å². The summed E-state index contributed by atoms with van der Waals surface area (Å²) in [6, 6.07) is 4.07. The Hall–Kier alpha value is -0.990. The van der Waals surface area contributed by atoms with E-state index < -0.39 is 21.7 Å². The summed E-state index contributed by atoms with van der Waals surface area (Å²) < 4.78 is 35.2. The Morgan fingerprint density at radius 2 is 2.11 bits per heavy atom. The van der Waals surface area contributed by atoms with Gasteiger partial charge in [0.05, 0.1) is 11.3 Å². The summed E-state index contributed by atoms with van der Waals surface area (Å²) in [5, 5.41) is 7.22. The normalized spacial score (nSPS) is 11.3. The van der Waals surface area contributed by atoms with Gasteiger partial charge in [0.1, 0.15) is 5.82 Å². The van der Waals surface area contributed by atoms with Gasteiger partial charge in [-0.3, -0.25) is 4.79 Å². The molecule has 0 spiro atoms. The highest BCUT2D eigenvalue weighted by atomic mass is 79.9. The van der Waals surface area contributed by atoms with Crippen LogP contribution in [0.25, 0.3) is 0 Å². The quantitative estimate of drug-likeness (QED) is 0.784. The van der Waals surface area contributed by atoms with Crippen molar-refractivity contribution in [1.82, 2.24) is 5.32 Å². The lowest BCUT2D eigenvalue weighted by atomic mass is 10.2. The van der Waals surface area contributed by atoms with Gasteiger partial charge in [-0.25, -0.2) is 17.9 Å². The number of nitrogens with one attached hydrogen (secondary N) is 1. The molecule has 100 valence electrons. The average molecular weight is 339 g/mol. The predicted molar refractivity (Wildman–Crippen MR) is 69.0 cm³/mol. The molecule has 0 saturated heterocycles. The van der Waals surface area contributed by atoms with Crippen LogP contribution >= 0.6 is 15.9 Å². The number of nitrogens with two attached hydrogens (primary N) is 1. The van der Waals surface area contributed by atoms with E-state index in [1.54, 1.807) is 6.07 Å². The molecule has 1 aromatic rings. The van der Waals surface area contributed by atoms with Crippen LogP contribution in [-0.4, -0.2) is 26.6 Å². The highest BCUT2D eigenvalue weighted by molar-refractivity contribution is 9.10. The first kappa shape index (κ1) is 15.1. The van der Waals surface area contributed by atoms with Crippen molar-refractivity contribution in [2.24, 2.45) is 5.14 Å². The van der Waals surface area contributed by atoms with Crippen molar-refractivity contribution in [3.8, 4) is 0 Å². The second-order valence-electron chi connectivity index (χ2n) is 3.60. The lowest BCUT2D eigenvalue weighted by Crippen LogP contribution is -2.27. The van der Waals surface area contributed by atoms with E-state index in [-0.39, 0.29) is 24.3 Å².